The number of rotatable bonds is 7. The van der Waals surface area contributed by atoms with Crippen LogP contribution in [0.1, 0.15) is 0 Å². The molecule has 240 valence electrons. The molecule has 0 saturated carbocycles. The molecule has 0 unspecified atom stereocenters. The van der Waals surface area contributed by atoms with Gasteiger partial charge in [0.2, 0.25) is 17.5 Å². The first-order valence-corrected chi connectivity index (χ1v) is 13.2. The third-order valence-electron chi connectivity index (χ3n) is 7.33. The van der Waals surface area contributed by atoms with Crippen LogP contribution in [0.2, 0.25) is 0 Å². The number of fused-ring (bicyclic) bond motifs is 1. The molecule has 0 radical (unpaired) electrons. The van der Waals surface area contributed by atoms with E-state index in [2.05, 4.69) is 0 Å². The molecule has 2 aliphatic heterocycles. The standard InChI is InChI=1S/C27H30O17/c28-6-14-17(33)20(36)22(38)26(42-14)40-7-15-18(34)21(37)23(39)27(43-15)44-25-19(35)16-12(32)4-9(29)5-13(16)41-24(25)8-1-2-10(30)11(31)3-8/h1-5,14-15,17-18,20-23,26-34,36-39H,6-7H2/t14-,15-,17+,18+,20+,21-,22-,23-,26+,27+/m1/s1. The van der Waals surface area contributed by atoms with Gasteiger partial charge in [0.15, 0.2) is 23.5 Å². The van der Waals surface area contributed by atoms with E-state index in [0.717, 1.165) is 24.3 Å². The minimum absolute atomic E-state index is 0.0504. The number of aromatic hydroxyl groups is 4. The second-order valence-corrected chi connectivity index (χ2v) is 10.3. The Hall–Kier alpha value is -3.75. The molecule has 2 fully saturated rings. The molecular weight excluding hydrogens is 596 g/mol. The Morgan fingerprint density at radius 1 is 0.705 bits per heavy atom. The van der Waals surface area contributed by atoms with E-state index in [1.165, 1.54) is 6.07 Å². The highest BCUT2D eigenvalue weighted by atomic mass is 16.7. The highest BCUT2D eigenvalue weighted by Gasteiger charge is 2.48. The first-order chi connectivity index (χ1) is 20.8. The number of aliphatic hydroxyl groups is 7. The molecule has 17 nitrogen and oxygen atoms in total. The Morgan fingerprint density at radius 3 is 2.00 bits per heavy atom. The van der Waals surface area contributed by atoms with Gasteiger partial charge >= 0.3 is 0 Å². The fourth-order valence-corrected chi connectivity index (χ4v) is 4.89. The molecule has 44 heavy (non-hydrogen) atoms. The lowest BCUT2D eigenvalue weighted by atomic mass is 9.98. The molecule has 17 heteroatoms. The highest BCUT2D eigenvalue weighted by Crippen LogP contribution is 2.39. The average molecular weight is 627 g/mol. The molecule has 2 aliphatic rings. The van der Waals surface area contributed by atoms with Crippen molar-refractivity contribution >= 4 is 11.0 Å². The van der Waals surface area contributed by atoms with E-state index in [0.29, 0.717) is 0 Å². The van der Waals surface area contributed by atoms with E-state index in [4.69, 9.17) is 23.4 Å². The van der Waals surface area contributed by atoms with Crippen molar-refractivity contribution in [3.05, 3.63) is 40.6 Å². The van der Waals surface area contributed by atoms with Crippen molar-refractivity contribution in [1.29, 1.82) is 0 Å². The van der Waals surface area contributed by atoms with Gasteiger partial charge in [-0.1, -0.05) is 0 Å². The van der Waals surface area contributed by atoms with Crippen molar-refractivity contribution in [2.45, 2.75) is 61.4 Å². The predicted molar refractivity (Wildman–Crippen MR) is 142 cm³/mol. The number of phenols is 4. The van der Waals surface area contributed by atoms with Crippen LogP contribution in [-0.2, 0) is 14.2 Å². The van der Waals surface area contributed by atoms with Gasteiger partial charge in [-0.25, -0.2) is 0 Å². The molecule has 0 bridgehead atoms. The van der Waals surface area contributed by atoms with Gasteiger partial charge in [0, 0.05) is 17.7 Å². The van der Waals surface area contributed by atoms with Crippen LogP contribution in [0.4, 0.5) is 0 Å². The van der Waals surface area contributed by atoms with Gasteiger partial charge in [-0.15, -0.1) is 0 Å². The van der Waals surface area contributed by atoms with E-state index in [1.807, 2.05) is 0 Å². The number of aliphatic hydroxyl groups excluding tert-OH is 7. The summed E-state index contributed by atoms with van der Waals surface area (Å²) in [6.45, 7) is -1.42. The second kappa shape index (κ2) is 12.3. The Labute approximate surface area is 246 Å². The van der Waals surface area contributed by atoms with Crippen molar-refractivity contribution in [1.82, 2.24) is 0 Å². The van der Waals surface area contributed by atoms with Crippen LogP contribution in [0.3, 0.4) is 0 Å². The number of ether oxygens (including phenoxy) is 4. The summed E-state index contributed by atoms with van der Waals surface area (Å²) < 4.78 is 27.6. The van der Waals surface area contributed by atoms with E-state index >= 15 is 0 Å². The van der Waals surface area contributed by atoms with Crippen LogP contribution in [0.25, 0.3) is 22.3 Å². The quantitative estimate of drug-likeness (QED) is 0.119. The maximum absolute atomic E-state index is 13.6. The van der Waals surface area contributed by atoms with E-state index in [9.17, 15) is 61.0 Å². The van der Waals surface area contributed by atoms with Crippen LogP contribution in [0.5, 0.6) is 28.7 Å². The summed E-state index contributed by atoms with van der Waals surface area (Å²) in [5.74, 6) is -3.44. The smallest absolute Gasteiger partial charge is 0.239 e. The molecule has 3 heterocycles. The van der Waals surface area contributed by atoms with Gasteiger partial charge in [-0.3, -0.25) is 4.79 Å². The van der Waals surface area contributed by atoms with Gasteiger partial charge in [0.25, 0.3) is 0 Å². The van der Waals surface area contributed by atoms with Crippen molar-refractivity contribution in [3.63, 3.8) is 0 Å². The minimum atomic E-state index is -2.00. The molecule has 11 N–H and O–H groups in total. The summed E-state index contributed by atoms with van der Waals surface area (Å²) in [6, 6.07) is 5.17. The largest absolute Gasteiger partial charge is 0.508 e. The fraction of sp³-hybridized carbons (Fsp3) is 0.444. The third-order valence-corrected chi connectivity index (χ3v) is 7.33. The van der Waals surface area contributed by atoms with Gasteiger partial charge in [0.1, 0.15) is 71.3 Å². The predicted octanol–water partition coefficient (Wildman–Crippen LogP) is -2.71. The van der Waals surface area contributed by atoms with Crippen molar-refractivity contribution in [3.8, 4) is 40.1 Å². The molecule has 10 atom stereocenters. The first kappa shape index (κ1) is 31.7. The molecule has 5 rings (SSSR count). The molecule has 0 amide bonds. The Bertz CT molecular complexity index is 1560. The number of hydrogen-bond acceptors (Lipinski definition) is 17. The zero-order valence-electron chi connectivity index (χ0n) is 22.4. The van der Waals surface area contributed by atoms with E-state index in [-0.39, 0.29) is 11.1 Å². The van der Waals surface area contributed by atoms with Crippen molar-refractivity contribution < 1.29 is 79.5 Å². The lowest BCUT2D eigenvalue weighted by Gasteiger charge is -2.42. The van der Waals surface area contributed by atoms with Crippen LogP contribution < -0.4 is 10.2 Å². The van der Waals surface area contributed by atoms with Crippen LogP contribution in [-0.4, -0.2) is 131 Å². The molecular formula is C27H30O17. The monoisotopic (exact) mass is 626 g/mol. The lowest BCUT2D eigenvalue weighted by molar-refractivity contribution is -0.323. The molecule has 0 aliphatic carbocycles. The Balaban J connectivity index is 1.47. The lowest BCUT2D eigenvalue weighted by Crippen LogP contribution is -2.62. The third kappa shape index (κ3) is 5.73. The summed E-state index contributed by atoms with van der Waals surface area (Å²) in [5.41, 5.74) is -1.41. The van der Waals surface area contributed by atoms with Crippen LogP contribution in [0, 0.1) is 0 Å². The summed E-state index contributed by atoms with van der Waals surface area (Å²) in [7, 11) is 0. The molecule has 0 spiro atoms. The molecule has 1 aromatic heterocycles. The van der Waals surface area contributed by atoms with Crippen LogP contribution >= 0.6 is 0 Å². The molecule has 2 saturated heterocycles. The summed E-state index contributed by atoms with van der Waals surface area (Å²) in [5, 5.41) is 111. The summed E-state index contributed by atoms with van der Waals surface area (Å²) >= 11 is 0. The highest BCUT2D eigenvalue weighted by molar-refractivity contribution is 5.88. The maximum atomic E-state index is 13.6. The zero-order valence-corrected chi connectivity index (χ0v) is 22.4. The summed E-state index contributed by atoms with van der Waals surface area (Å²) in [4.78, 5) is 13.6. The Kier molecular flexibility index (Phi) is 8.87. The van der Waals surface area contributed by atoms with E-state index in [1.54, 1.807) is 0 Å². The number of hydrogen-bond donors (Lipinski definition) is 11. The average Bonchev–Trinajstić information content (AvgIpc) is 2.98. The van der Waals surface area contributed by atoms with Crippen LogP contribution in [0.15, 0.2) is 39.5 Å². The Morgan fingerprint density at radius 2 is 1.34 bits per heavy atom. The van der Waals surface area contributed by atoms with Gasteiger partial charge in [-0.05, 0) is 18.2 Å². The SMILES string of the molecule is O=c1c(O[C@@H]2O[C@H](CO[C@H]3O[C@H](CO)[C@H](O)[C@H](O)[C@H]3O)[C@H](O)[C@@H](O)[C@H]2O)c(-c2ccc(O)c(O)c2)oc2cc(O)cc(O)c12. The zero-order chi connectivity index (χ0) is 32.0. The second-order valence-electron chi connectivity index (χ2n) is 10.3. The first-order valence-electron chi connectivity index (χ1n) is 13.2. The van der Waals surface area contributed by atoms with Gasteiger partial charge < -0.3 is 79.5 Å². The number of phenolic OH excluding ortho intramolecular Hbond substituents is 4. The number of benzene rings is 2. The van der Waals surface area contributed by atoms with Crippen molar-refractivity contribution in [2.24, 2.45) is 0 Å². The fourth-order valence-electron chi connectivity index (χ4n) is 4.89. The van der Waals surface area contributed by atoms with E-state index < -0.39 is 120 Å². The minimum Gasteiger partial charge on any atom is -0.508 e. The van der Waals surface area contributed by atoms with Gasteiger partial charge in [0.05, 0.1) is 13.2 Å². The molecule has 2 aromatic carbocycles. The van der Waals surface area contributed by atoms with Gasteiger partial charge in [-0.2, -0.15) is 0 Å². The maximum Gasteiger partial charge on any atom is 0.239 e. The normalized spacial score (nSPS) is 32.5. The summed E-state index contributed by atoms with van der Waals surface area (Å²) in [6.07, 6.45) is -17.4. The topological polar surface area (TPSA) is 290 Å². The molecule has 3 aromatic rings. The van der Waals surface area contributed by atoms with Crippen molar-refractivity contribution in [2.75, 3.05) is 13.2 Å².